The van der Waals surface area contributed by atoms with Crippen molar-refractivity contribution in [3.05, 3.63) is 78.4 Å². The summed E-state index contributed by atoms with van der Waals surface area (Å²) < 4.78 is 7.86. The Morgan fingerprint density at radius 3 is 2.78 bits per heavy atom. The molecule has 140 valence electrons. The van der Waals surface area contributed by atoms with Crippen LogP contribution in [-0.4, -0.2) is 21.6 Å². The number of benzene rings is 2. The fourth-order valence-corrected chi connectivity index (χ4v) is 2.73. The second-order valence-electron chi connectivity index (χ2n) is 6.53. The highest BCUT2D eigenvalue weighted by molar-refractivity contribution is 5.91. The van der Waals surface area contributed by atoms with Gasteiger partial charge >= 0.3 is 6.03 Å². The van der Waals surface area contributed by atoms with Gasteiger partial charge < -0.3 is 19.9 Å². The summed E-state index contributed by atoms with van der Waals surface area (Å²) in [7, 11) is 0. The number of nitrogens with one attached hydrogen (secondary N) is 2. The summed E-state index contributed by atoms with van der Waals surface area (Å²) >= 11 is 0. The third kappa shape index (κ3) is 5.60. The van der Waals surface area contributed by atoms with Gasteiger partial charge in [-0.05, 0) is 37.1 Å². The topological polar surface area (TPSA) is 68.2 Å². The Balaban J connectivity index is 1.60. The van der Waals surface area contributed by atoms with E-state index in [0.717, 1.165) is 11.1 Å². The maximum Gasteiger partial charge on any atom is 0.319 e. The summed E-state index contributed by atoms with van der Waals surface area (Å²) in [5.74, 6) is 0.649. The number of nitrogens with zero attached hydrogens (tertiary/aromatic N) is 2. The van der Waals surface area contributed by atoms with Crippen molar-refractivity contribution in [1.82, 2.24) is 14.9 Å². The van der Waals surface area contributed by atoms with Crippen molar-refractivity contribution in [3.63, 3.8) is 0 Å². The zero-order valence-electron chi connectivity index (χ0n) is 15.6. The van der Waals surface area contributed by atoms with Gasteiger partial charge in [-0.2, -0.15) is 0 Å². The SMILES string of the molecule is Cc1ccc(NC(=O)N[C@H](C)Cn2ccnc2)c(OCc2ccccc2)c1. The summed E-state index contributed by atoms with van der Waals surface area (Å²) in [6.07, 6.45) is 5.31. The van der Waals surface area contributed by atoms with Gasteiger partial charge in [-0.25, -0.2) is 9.78 Å². The first kappa shape index (κ1) is 18.5. The van der Waals surface area contributed by atoms with E-state index in [4.69, 9.17) is 4.74 Å². The third-order valence-corrected chi connectivity index (χ3v) is 4.04. The lowest BCUT2D eigenvalue weighted by Gasteiger charge is -2.17. The number of rotatable bonds is 7. The maximum atomic E-state index is 12.4. The van der Waals surface area contributed by atoms with E-state index in [-0.39, 0.29) is 12.1 Å². The smallest absolute Gasteiger partial charge is 0.319 e. The lowest BCUT2D eigenvalue weighted by Crippen LogP contribution is -2.38. The Bertz CT molecular complexity index is 863. The number of carbonyl (C=O) groups is 1. The Morgan fingerprint density at radius 1 is 1.22 bits per heavy atom. The van der Waals surface area contributed by atoms with E-state index in [2.05, 4.69) is 15.6 Å². The molecule has 0 radical (unpaired) electrons. The van der Waals surface area contributed by atoms with Crippen LogP contribution in [-0.2, 0) is 13.2 Å². The molecule has 6 nitrogen and oxygen atoms in total. The Morgan fingerprint density at radius 2 is 2.04 bits per heavy atom. The monoisotopic (exact) mass is 364 g/mol. The predicted molar refractivity (Wildman–Crippen MR) is 106 cm³/mol. The number of urea groups is 1. The van der Waals surface area contributed by atoms with Crippen LogP contribution in [0.15, 0.2) is 67.3 Å². The van der Waals surface area contributed by atoms with E-state index < -0.39 is 0 Å². The molecule has 1 aromatic heterocycles. The van der Waals surface area contributed by atoms with Crippen LogP contribution in [0.1, 0.15) is 18.1 Å². The minimum Gasteiger partial charge on any atom is -0.487 e. The van der Waals surface area contributed by atoms with E-state index in [0.29, 0.717) is 24.6 Å². The highest BCUT2D eigenvalue weighted by Gasteiger charge is 2.11. The molecular weight excluding hydrogens is 340 g/mol. The van der Waals surface area contributed by atoms with Gasteiger partial charge in [-0.1, -0.05) is 36.4 Å². The van der Waals surface area contributed by atoms with Crippen LogP contribution in [0.25, 0.3) is 0 Å². The number of carbonyl (C=O) groups excluding carboxylic acids is 1. The average Bonchev–Trinajstić information content (AvgIpc) is 3.15. The van der Waals surface area contributed by atoms with Crippen molar-refractivity contribution in [2.24, 2.45) is 0 Å². The Hall–Kier alpha value is -3.28. The molecule has 6 heteroatoms. The number of imidazole rings is 1. The van der Waals surface area contributed by atoms with Crippen molar-refractivity contribution in [3.8, 4) is 5.75 Å². The van der Waals surface area contributed by atoms with Gasteiger partial charge in [0.2, 0.25) is 0 Å². The zero-order chi connectivity index (χ0) is 19.1. The molecule has 3 aromatic rings. The van der Waals surface area contributed by atoms with E-state index >= 15 is 0 Å². The summed E-state index contributed by atoms with van der Waals surface area (Å²) in [6.45, 7) is 5.03. The summed E-state index contributed by atoms with van der Waals surface area (Å²) in [4.78, 5) is 16.4. The molecular formula is C21H24N4O2. The lowest BCUT2D eigenvalue weighted by molar-refractivity contribution is 0.247. The molecule has 0 saturated carbocycles. The van der Waals surface area contributed by atoms with Crippen molar-refractivity contribution in [2.45, 2.75) is 33.0 Å². The third-order valence-electron chi connectivity index (χ3n) is 4.04. The quantitative estimate of drug-likeness (QED) is 0.666. The number of hydrogen-bond donors (Lipinski definition) is 2. The number of ether oxygens (including phenoxy) is 1. The largest absolute Gasteiger partial charge is 0.487 e. The first-order chi connectivity index (χ1) is 13.1. The van der Waals surface area contributed by atoms with Crippen LogP contribution in [0, 0.1) is 6.92 Å². The van der Waals surface area contributed by atoms with Gasteiger partial charge in [0, 0.05) is 25.0 Å². The molecule has 1 heterocycles. The Kier molecular flexibility index (Phi) is 6.10. The van der Waals surface area contributed by atoms with Crippen molar-refractivity contribution >= 4 is 11.7 Å². The molecule has 0 aliphatic heterocycles. The molecule has 3 rings (SSSR count). The summed E-state index contributed by atoms with van der Waals surface area (Å²) in [5.41, 5.74) is 2.78. The molecule has 27 heavy (non-hydrogen) atoms. The highest BCUT2D eigenvalue weighted by atomic mass is 16.5. The highest BCUT2D eigenvalue weighted by Crippen LogP contribution is 2.26. The Labute approximate surface area is 159 Å². The molecule has 0 aliphatic rings. The van der Waals surface area contributed by atoms with Crippen molar-refractivity contribution < 1.29 is 9.53 Å². The van der Waals surface area contributed by atoms with Gasteiger partial charge in [0.05, 0.1) is 12.0 Å². The van der Waals surface area contributed by atoms with Gasteiger partial charge in [0.25, 0.3) is 0 Å². The van der Waals surface area contributed by atoms with Crippen LogP contribution >= 0.6 is 0 Å². The molecule has 1 atom stereocenters. The second kappa shape index (κ2) is 8.89. The van der Waals surface area contributed by atoms with Gasteiger partial charge in [0.1, 0.15) is 12.4 Å². The van der Waals surface area contributed by atoms with Crippen molar-refractivity contribution in [2.75, 3.05) is 5.32 Å². The standard InChI is InChI=1S/C21H24N4O2/c1-16-8-9-19(20(12-16)27-14-18-6-4-3-5-7-18)24-21(26)23-17(2)13-25-11-10-22-15-25/h3-12,15,17H,13-14H2,1-2H3,(H2,23,24,26)/t17-/m1/s1. The zero-order valence-corrected chi connectivity index (χ0v) is 15.6. The number of anilines is 1. The van der Waals surface area contributed by atoms with E-state index in [1.165, 1.54) is 0 Å². The molecule has 0 bridgehead atoms. The molecule has 0 spiro atoms. The second-order valence-corrected chi connectivity index (χ2v) is 6.53. The van der Waals surface area contributed by atoms with Gasteiger partial charge in [-0.3, -0.25) is 0 Å². The minimum atomic E-state index is -0.268. The van der Waals surface area contributed by atoms with Crippen LogP contribution in [0.5, 0.6) is 5.75 Å². The van der Waals surface area contributed by atoms with Gasteiger partial charge in [-0.15, -0.1) is 0 Å². The fraction of sp³-hybridized carbons (Fsp3) is 0.238. The molecule has 0 aliphatic carbocycles. The number of amides is 2. The first-order valence-corrected chi connectivity index (χ1v) is 8.91. The van der Waals surface area contributed by atoms with Gasteiger partial charge in [0.15, 0.2) is 0 Å². The number of aromatic nitrogens is 2. The van der Waals surface area contributed by atoms with Crippen LogP contribution in [0.2, 0.25) is 0 Å². The van der Waals surface area contributed by atoms with Crippen molar-refractivity contribution in [1.29, 1.82) is 0 Å². The van der Waals surface area contributed by atoms with Crippen LogP contribution in [0.4, 0.5) is 10.5 Å². The molecule has 0 saturated heterocycles. The molecule has 2 aromatic carbocycles. The number of aryl methyl sites for hydroxylation is 1. The summed E-state index contributed by atoms with van der Waals surface area (Å²) in [6, 6.07) is 15.4. The summed E-state index contributed by atoms with van der Waals surface area (Å²) in [5, 5.41) is 5.81. The van der Waals surface area contributed by atoms with E-state index in [1.807, 2.05) is 73.1 Å². The van der Waals surface area contributed by atoms with E-state index in [9.17, 15) is 4.79 Å². The molecule has 2 amide bonds. The van der Waals surface area contributed by atoms with E-state index in [1.54, 1.807) is 12.5 Å². The fourth-order valence-electron chi connectivity index (χ4n) is 2.73. The predicted octanol–water partition coefficient (Wildman–Crippen LogP) is 3.98. The maximum absolute atomic E-state index is 12.4. The normalized spacial score (nSPS) is 11.6. The van der Waals surface area contributed by atoms with Crippen LogP contribution in [0.3, 0.4) is 0 Å². The van der Waals surface area contributed by atoms with Crippen LogP contribution < -0.4 is 15.4 Å². The molecule has 0 unspecified atom stereocenters. The molecule has 0 fully saturated rings. The molecule has 2 N–H and O–H groups in total. The first-order valence-electron chi connectivity index (χ1n) is 8.91. The minimum absolute atomic E-state index is 0.0432. The average molecular weight is 364 g/mol. The number of hydrogen-bond acceptors (Lipinski definition) is 3. The lowest BCUT2D eigenvalue weighted by atomic mass is 10.2.